The Morgan fingerprint density at radius 3 is 2.64 bits per heavy atom. The highest BCUT2D eigenvalue weighted by Gasteiger charge is 2.28. The molecular formula is C16H31N5O. The number of hydrogen-bond acceptors (Lipinski definition) is 3. The van der Waals surface area contributed by atoms with E-state index in [1.165, 1.54) is 0 Å². The van der Waals surface area contributed by atoms with E-state index < -0.39 is 0 Å². The lowest BCUT2D eigenvalue weighted by Crippen LogP contribution is -2.43. The van der Waals surface area contributed by atoms with Crippen molar-refractivity contribution in [3.05, 3.63) is 12.7 Å². The number of nitrogens with one attached hydrogen (secondary N) is 1. The molecule has 0 aromatic rings. The molecule has 1 N–H and O–H groups in total. The van der Waals surface area contributed by atoms with Gasteiger partial charge >= 0.3 is 0 Å². The largest absolute Gasteiger partial charge is 0.353 e. The van der Waals surface area contributed by atoms with E-state index in [4.69, 9.17) is 0 Å². The summed E-state index contributed by atoms with van der Waals surface area (Å²) < 4.78 is 0. The second kappa shape index (κ2) is 9.46. The van der Waals surface area contributed by atoms with Gasteiger partial charge in [0.2, 0.25) is 5.91 Å². The van der Waals surface area contributed by atoms with Crippen LogP contribution >= 0.6 is 0 Å². The molecule has 126 valence electrons. The van der Waals surface area contributed by atoms with Gasteiger partial charge < -0.3 is 15.1 Å². The zero-order chi connectivity index (χ0) is 16.5. The van der Waals surface area contributed by atoms with Crippen LogP contribution in [0.3, 0.4) is 0 Å². The van der Waals surface area contributed by atoms with E-state index in [0.717, 1.165) is 38.6 Å². The summed E-state index contributed by atoms with van der Waals surface area (Å²) >= 11 is 0. The molecule has 6 nitrogen and oxygen atoms in total. The number of carbonyl (C=O) groups is 1. The van der Waals surface area contributed by atoms with Crippen LogP contribution in [0.15, 0.2) is 17.6 Å². The van der Waals surface area contributed by atoms with Crippen molar-refractivity contribution < 1.29 is 4.79 Å². The molecule has 0 aliphatic carbocycles. The quantitative estimate of drug-likeness (QED) is 0.426. The summed E-state index contributed by atoms with van der Waals surface area (Å²) in [5.74, 6) is 0.821. The van der Waals surface area contributed by atoms with Crippen LogP contribution in [0.4, 0.5) is 0 Å². The van der Waals surface area contributed by atoms with Crippen LogP contribution in [0.5, 0.6) is 0 Å². The van der Waals surface area contributed by atoms with Gasteiger partial charge in [-0.1, -0.05) is 19.9 Å². The Kier molecular flexibility index (Phi) is 7.95. The predicted octanol–water partition coefficient (Wildman–Crippen LogP) is 0.622. The molecule has 1 atom stereocenters. The first-order valence-electron chi connectivity index (χ1n) is 8.11. The van der Waals surface area contributed by atoms with Crippen molar-refractivity contribution in [1.29, 1.82) is 0 Å². The standard InChI is InChI=1S/C16H31N5O/c1-6-10-17-16(18-12-15(22)19(4)5)21-11-9-14(13-21)20(7-2)8-3/h6,14H,1,7-13H2,2-5H3,(H,17,18). The van der Waals surface area contributed by atoms with E-state index in [2.05, 4.69) is 40.5 Å². The van der Waals surface area contributed by atoms with Gasteiger partial charge in [-0.2, -0.15) is 0 Å². The van der Waals surface area contributed by atoms with Gasteiger partial charge in [-0.3, -0.25) is 9.69 Å². The molecule has 1 rings (SSSR count). The minimum absolute atomic E-state index is 0.0115. The molecule has 0 aromatic heterocycles. The molecule has 1 amide bonds. The van der Waals surface area contributed by atoms with Crippen molar-refractivity contribution in [2.75, 3.05) is 53.4 Å². The highest BCUT2D eigenvalue weighted by atomic mass is 16.2. The third-order valence-corrected chi connectivity index (χ3v) is 4.06. The molecule has 1 heterocycles. The molecule has 0 bridgehead atoms. The van der Waals surface area contributed by atoms with Crippen LogP contribution in [0.1, 0.15) is 20.3 Å². The Bertz CT molecular complexity index is 390. The molecule has 0 saturated carbocycles. The van der Waals surface area contributed by atoms with Gasteiger partial charge in [-0.05, 0) is 19.5 Å². The van der Waals surface area contributed by atoms with E-state index in [1.807, 2.05) is 0 Å². The first-order chi connectivity index (χ1) is 10.5. The maximum Gasteiger partial charge on any atom is 0.243 e. The fraction of sp³-hybridized carbons (Fsp3) is 0.750. The predicted molar refractivity (Wildman–Crippen MR) is 92.1 cm³/mol. The van der Waals surface area contributed by atoms with Gasteiger partial charge in [0.15, 0.2) is 5.96 Å². The zero-order valence-electron chi connectivity index (χ0n) is 14.5. The Morgan fingerprint density at radius 1 is 1.41 bits per heavy atom. The monoisotopic (exact) mass is 309 g/mol. The first-order valence-corrected chi connectivity index (χ1v) is 8.11. The van der Waals surface area contributed by atoms with Crippen molar-refractivity contribution in [3.8, 4) is 0 Å². The molecule has 0 radical (unpaired) electrons. The minimum atomic E-state index is 0.0115. The molecule has 1 aliphatic heterocycles. The van der Waals surface area contributed by atoms with Crippen molar-refractivity contribution in [3.63, 3.8) is 0 Å². The van der Waals surface area contributed by atoms with Crippen LogP contribution in [-0.4, -0.2) is 86.0 Å². The highest BCUT2D eigenvalue weighted by Crippen LogP contribution is 2.15. The van der Waals surface area contributed by atoms with Crippen LogP contribution < -0.4 is 5.32 Å². The topological polar surface area (TPSA) is 51.2 Å². The summed E-state index contributed by atoms with van der Waals surface area (Å²) in [5, 5.41) is 3.27. The van der Waals surface area contributed by atoms with Crippen LogP contribution in [0, 0.1) is 0 Å². The van der Waals surface area contributed by atoms with E-state index in [9.17, 15) is 4.79 Å². The molecule has 6 heteroatoms. The maximum atomic E-state index is 11.7. The molecule has 0 spiro atoms. The zero-order valence-corrected chi connectivity index (χ0v) is 14.5. The molecule has 1 aliphatic rings. The van der Waals surface area contributed by atoms with Gasteiger partial charge in [-0.25, -0.2) is 4.99 Å². The average Bonchev–Trinajstić information content (AvgIpc) is 2.97. The number of carbonyl (C=O) groups excluding carboxylic acids is 1. The SMILES string of the molecule is C=CCNC(=NCC(=O)N(C)C)N1CCC(N(CC)CC)C1. The summed E-state index contributed by atoms with van der Waals surface area (Å²) in [5.41, 5.74) is 0. The third-order valence-electron chi connectivity index (χ3n) is 4.06. The Hall–Kier alpha value is -1.56. The fourth-order valence-corrected chi connectivity index (χ4v) is 2.69. The Morgan fingerprint density at radius 2 is 2.09 bits per heavy atom. The molecule has 0 aromatic carbocycles. The summed E-state index contributed by atoms with van der Waals surface area (Å²) in [6.07, 6.45) is 2.94. The van der Waals surface area contributed by atoms with Crippen LogP contribution in [-0.2, 0) is 4.79 Å². The average molecular weight is 309 g/mol. The second-order valence-electron chi connectivity index (χ2n) is 5.71. The van der Waals surface area contributed by atoms with Crippen molar-refractivity contribution in [2.24, 2.45) is 4.99 Å². The van der Waals surface area contributed by atoms with Gasteiger partial charge in [0.1, 0.15) is 6.54 Å². The normalized spacial score (nSPS) is 18.7. The summed E-state index contributed by atoms with van der Waals surface area (Å²) in [4.78, 5) is 22.5. The summed E-state index contributed by atoms with van der Waals surface area (Å²) in [6.45, 7) is 13.0. The number of nitrogens with zero attached hydrogens (tertiary/aromatic N) is 4. The van der Waals surface area contributed by atoms with E-state index in [1.54, 1.807) is 25.1 Å². The van der Waals surface area contributed by atoms with E-state index in [0.29, 0.717) is 12.6 Å². The first kappa shape index (κ1) is 18.5. The summed E-state index contributed by atoms with van der Waals surface area (Å²) in [7, 11) is 3.50. The number of amides is 1. The molecule has 1 fully saturated rings. The number of guanidine groups is 1. The molecule has 22 heavy (non-hydrogen) atoms. The molecule has 1 saturated heterocycles. The molecule has 1 unspecified atom stereocenters. The lowest BCUT2D eigenvalue weighted by molar-refractivity contribution is -0.127. The van der Waals surface area contributed by atoms with Crippen molar-refractivity contribution in [2.45, 2.75) is 26.3 Å². The smallest absolute Gasteiger partial charge is 0.243 e. The van der Waals surface area contributed by atoms with E-state index >= 15 is 0 Å². The lowest BCUT2D eigenvalue weighted by Gasteiger charge is -2.27. The van der Waals surface area contributed by atoms with Crippen LogP contribution in [0.2, 0.25) is 0 Å². The number of aliphatic imine (C=N–C) groups is 1. The van der Waals surface area contributed by atoms with Gasteiger partial charge in [-0.15, -0.1) is 6.58 Å². The lowest BCUT2D eigenvalue weighted by atomic mass is 10.2. The fourth-order valence-electron chi connectivity index (χ4n) is 2.69. The molecular weight excluding hydrogens is 278 g/mol. The van der Waals surface area contributed by atoms with Gasteiger partial charge in [0.05, 0.1) is 0 Å². The maximum absolute atomic E-state index is 11.7. The third kappa shape index (κ3) is 5.33. The Labute approximate surface area is 134 Å². The number of rotatable bonds is 7. The van der Waals surface area contributed by atoms with Gasteiger partial charge in [0, 0.05) is 39.8 Å². The Balaban J connectivity index is 2.70. The van der Waals surface area contributed by atoms with Gasteiger partial charge in [0.25, 0.3) is 0 Å². The van der Waals surface area contributed by atoms with E-state index in [-0.39, 0.29) is 12.5 Å². The van der Waals surface area contributed by atoms with Crippen LogP contribution in [0.25, 0.3) is 0 Å². The summed E-state index contributed by atoms with van der Waals surface area (Å²) in [6, 6.07) is 0.565. The van der Waals surface area contributed by atoms with Crippen molar-refractivity contribution in [1.82, 2.24) is 20.0 Å². The number of likely N-dealkylation sites (tertiary alicyclic amines) is 1. The van der Waals surface area contributed by atoms with Crippen molar-refractivity contribution >= 4 is 11.9 Å². The highest BCUT2D eigenvalue weighted by molar-refractivity contribution is 5.85. The minimum Gasteiger partial charge on any atom is -0.353 e. The number of hydrogen-bond donors (Lipinski definition) is 1. The number of likely N-dealkylation sites (N-methyl/N-ethyl adjacent to an activating group) is 2. The second-order valence-corrected chi connectivity index (χ2v) is 5.71.